The smallest absolute Gasteiger partial charge is 0.0368 e. The summed E-state index contributed by atoms with van der Waals surface area (Å²) in [6.45, 7) is 5.17. The first-order valence-electron chi connectivity index (χ1n) is 7.77. The highest BCUT2D eigenvalue weighted by molar-refractivity contribution is 5.55. The van der Waals surface area contributed by atoms with Gasteiger partial charge in [0.05, 0.1) is 0 Å². The van der Waals surface area contributed by atoms with Crippen molar-refractivity contribution in [2.24, 2.45) is 0 Å². The molecule has 22 heavy (non-hydrogen) atoms. The summed E-state index contributed by atoms with van der Waals surface area (Å²) in [6, 6.07) is 16.1. The van der Waals surface area contributed by atoms with E-state index in [1.807, 2.05) is 24.3 Å². The minimum absolute atomic E-state index is 0.798. The van der Waals surface area contributed by atoms with Crippen molar-refractivity contribution in [3.63, 3.8) is 0 Å². The summed E-state index contributed by atoms with van der Waals surface area (Å²) in [5.41, 5.74) is 15.5. The van der Waals surface area contributed by atoms with Crippen molar-refractivity contribution in [3.8, 4) is 0 Å². The molecule has 0 aliphatic rings. The number of hydrogen-bond acceptors (Lipinski definition) is 4. The molecule has 0 unspecified atom stereocenters. The third-order valence-electron chi connectivity index (χ3n) is 3.79. The van der Waals surface area contributed by atoms with Crippen LogP contribution < -0.4 is 21.3 Å². The molecule has 0 amide bonds. The topological polar surface area (TPSA) is 58.5 Å². The van der Waals surface area contributed by atoms with Gasteiger partial charge in [-0.1, -0.05) is 6.92 Å². The lowest BCUT2D eigenvalue weighted by atomic mass is 10.2. The minimum Gasteiger partial charge on any atom is -0.399 e. The Kier molecular flexibility index (Phi) is 5.53. The van der Waals surface area contributed by atoms with Gasteiger partial charge in [0.25, 0.3) is 0 Å². The molecule has 2 aromatic rings. The Morgan fingerprint density at radius 1 is 0.727 bits per heavy atom. The summed E-state index contributed by atoms with van der Waals surface area (Å²) in [7, 11) is 2.11. The summed E-state index contributed by atoms with van der Waals surface area (Å²) >= 11 is 0. The van der Waals surface area contributed by atoms with Crippen LogP contribution in [0.1, 0.15) is 13.3 Å². The Hall–Kier alpha value is -2.36. The average Bonchev–Trinajstić information content (AvgIpc) is 2.53. The zero-order chi connectivity index (χ0) is 15.9. The molecular formula is C18H26N4. The molecule has 0 spiro atoms. The van der Waals surface area contributed by atoms with Crippen LogP contribution in [0.25, 0.3) is 0 Å². The van der Waals surface area contributed by atoms with E-state index in [0.29, 0.717) is 0 Å². The van der Waals surface area contributed by atoms with Crippen LogP contribution in [-0.2, 0) is 0 Å². The first kappa shape index (κ1) is 16.0. The molecule has 118 valence electrons. The standard InChI is InChI=1S/C18H26N4/c1-3-12-22(18-10-6-16(20)7-11-18)14-13-21(2)17-8-4-15(19)5-9-17/h4-11H,3,12-14,19-20H2,1-2H3. The molecule has 0 saturated carbocycles. The molecule has 0 aliphatic carbocycles. The molecule has 0 heterocycles. The van der Waals surface area contributed by atoms with Crippen LogP contribution >= 0.6 is 0 Å². The van der Waals surface area contributed by atoms with E-state index in [1.54, 1.807) is 0 Å². The predicted molar refractivity (Wildman–Crippen MR) is 97.5 cm³/mol. The number of nitrogens with two attached hydrogens (primary N) is 2. The Morgan fingerprint density at radius 3 is 1.73 bits per heavy atom. The van der Waals surface area contributed by atoms with Gasteiger partial charge in [-0.05, 0) is 55.0 Å². The maximum Gasteiger partial charge on any atom is 0.0368 e. The molecular weight excluding hydrogens is 272 g/mol. The van der Waals surface area contributed by atoms with Crippen molar-refractivity contribution in [2.75, 3.05) is 47.9 Å². The second-order valence-corrected chi connectivity index (χ2v) is 5.59. The van der Waals surface area contributed by atoms with E-state index in [9.17, 15) is 0 Å². The summed E-state index contributed by atoms with van der Waals surface area (Å²) in [5.74, 6) is 0. The summed E-state index contributed by atoms with van der Waals surface area (Å²) in [5, 5.41) is 0. The Morgan fingerprint density at radius 2 is 1.23 bits per heavy atom. The molecule has 4 nitrogen and oxygen atoms in total. The van der Waals surface area contributed by atoms with Crippen LogP contribution in [0.3, 0.4) is 0 Å². The number of hydrogen-bond donors (Lipinski definition) is 2. The molecule has 0 fully saturated rings. The van der Waals surface area contributed by atoms with Gasteiger partial charge in [-0.3, -0.25) is 0 Å². The van der Waals surface area contributed by atoms with Crippen molar-refractivity contribution < 1.29 is 0 Å². The highest BCUT2D eigenvalue weighted by Crippen LogP contribution is 2.18. The quantitative estimate of drug-likeness (QED) is 0.771. The third kappa shape index (κ3) is 4.32. The Balaban J connectivity index is 1.99. The number of likely N-dealkylation sites (N-methyl/N-ethyl adjacent to an activating group) is 1. The monoisotopic (exact) mass is 298 g/mol. The second-order valence-electron chi connectivity index (χ2n) is 5.59. The van der Waals surface area contributed by atoms with Crippen LogP contribution in [0.15, 0.2) is 48.5 Å². The van der Waals surface area contributed by atoms with E-state index in [-0.39, 0.29) is 0 Å². The molecule has 0 saturated heterocycles. The summed E-state index contributed by atoms with van der Waals surface area (Å²) in [4.78, 5) is 4.65. The van der Waals surface area contributed by atoms with Gasteiger partial charge in [-0.2, -0.15) is 0 Å². The number of nitrogen functional groups attached to an aromatic ring is 2. The van der Waals surface area contributed by atoms with E-state index in [2.05, 4.69) is 48.0 Å². The van der Waals surface area contributed by atoms with Crippen molar-refractivity contribution in [3.05, 3.63) is 48.5 Å². The van der Waals surface area contributed by atoms with Gasteiger partial charge in [0.15, 0.2) is 0 Å². The minimum atomic E-state index is 0.798. The molecule has 2 aromatic carbocycles. The highest BCUT2D eigenvalue weighted by Gasteiger charge is 2.07. The van der Waals surface area contributed by atoms with Gasteiger partial charge < -0.3 is 21.3 Å². The zero-order valence-electron chi connectivity index (χ0n) is 13.5. The number of anilines is 4. The number of nitrogens with zero attached hydrogens (tertiary/aromatic N) is 2. The summed E-state index contributed by atoms with van der Waals surface area (Å²) < 4.78 is 0. The molecule has 0 radical (unpaired) electrons. The van der Waals surface area contributed by atoms with E-state index >= 15 is 0 Å². The van der Waals surface area contributed by atoms with Gasteiger partial charge in [0, 0.05) is 49.4 Å². The van der Waals surface area contributed by atoms with E-state index < -0.39 is 0 Å². The van der Waals surface area contributed by atoms with Gasteiger partial charge in [0.2, 0.25) is 0 Å². The molecule has 0 atom stereocenters. The second kappa shape index (κ2) is 7.59. The third-order valence-corrected chi connectivity index (χ3v) is 3.79. The summed E-state index contributed by atoms with van der Waals surface area (Å²) in [6.07, 6.45) is 1.12. The van der Waals surface area contributed by atoms with Crippen LogP contribution in [0, 0.1) is 0 Å². The fourth-order valence-electron chi connectivity index (χ4n) is 2.45. The van der Waals surface area contributed by atoms with Crippen molar-refractivity contribution >= 4 is 22.7 Å². The normalized spacial score (nSPS) is 10.5. The van der Waals surface area contributed by atoms with Gasteiger partial charge >= 0.3 is 0 Å². The molecule has 0 aliphatic heterocycles. The van der Waals surface area contributed by atoms with E-state index in [0.717, 1.165) is 37.4 Å². The first-order valence-corrected chi connectivity index (χ1v) is 7.77. The largest absolute Gasteiger partial charge is 0.399 e. The van der Waals surface area contributed by atoms with Crippen molar-refractivity contribution in [2.45, 2.75) is 13.3 Å². The average molecular weight is 298 g/mol. The lowest BCUT2D eigenvalue weighted by Gasteiger charge is -2.28. The lowest BCUT2D eigenvalue weighted by molar-refractivity contribution is 0.744. The Labute approximate surface area is 133 Å². The SMILES string of the molecule is CCCN(CCN(C)c1ccc(N)cc1)c1ccc(N)cc1. The van der Waals surface area contributed by atoms with Crippen molar-refractivity contribution in [1.82, 2.24) is 0 Å². The molecule has 0 bridgehead atoms. The van der Waals surface area contributed by atoms with Crippen LogP contribution in [0.4, 0.5) is 22.7 Å². The van der Waals surface area contributed by atoms with E-state index in [1.165, 1.54) is 11.4 Å². The molecule has 4 N–H and O–H groups in total. The predicted octanol–water partition coefficient (Wildman–Crippen LogP) is 3.20. The number of rotatable bonds is 7. The van der Waals surface area contributed by atoms with Crippen LogP contribution in [0.2, 0.25) is 0 Å². The molecule has 0 aromatic heterocycles. The zero-order valence-corrected chi connectivity index (χ0v) is 13.5. The Bertz CT molecular complexity index is 563. The lowest BCUT2D eigenvalue weighted by Crippen LogP contribution is -2.33. The van der Waals surface area contributed by atoms with Crippen molar-refractivity contribution in [1.29, 1.82) is 0 Å². The first-order chi connectivity index (χ1) is 10.6. The van der Waals surface area contributed by atoms with Gasteiger partial charge in [0.1, 0.15) is 0 Å². The van der Waals surface area contributed by atoms with Crippen LogP contribution in [-0.4, -0.2) is 26.7 Å². The van der Waals surface area contributed by atoms with Crippen LogP contribution in [0.5, 0.6) is 0 Å². The maximum absolute atomic E-state index is 5.77. The maximum atomic E-state index is 5.77. The molecule has 4 heteroatoms. The fraction of sp³-hybridized carbons (Fsp3) is 0.333. The fourth-order valence-corrected chi connectivity index (χ4v) is 2.45. The van der Waals surface area contributed by atoms with Gasteiger partial charge in [-0.25, -0.2) is 0 Å². The molecule has 2 rings (SSSR count). The van der Waals surface area contributed by atoms with E-state index in [4.69, 9.17) is 11.5 Å². The number of benzene rings is 2. The van der Waals surface area contributed by atoms with Gasteiger partial charge in [-0.15, -0.1) is 0 Å². The highest BCUT2D eigenvalue weighted by atomic mass is 15.2.